The van der Waals surface area contributed by atoms with Gasteiger partial charge in [-0.2, -0.15) is 10.2 Å². The fraction of sp³-hybridized carbons (Fsp3) is 0.286. The van der Waals surface area contributed by atoms with Crippen molar-refractivity contribution in [2.45, 2.75) is 19.9 Å². The van der Waals surface area contributed by atoms with Crippen molar-refractivity contribution < 1.29 is 4.79 Å². The predicted octanol–water partition coefficient (Wildman–Crippen LogP) is 1.67. The highest BCUT2D eigenvalue weighted by Crippen LogP contribution is 2.20. The highest BCUT2D eigenvalue weighted by molar-refractivity contribution is 5.95. The minimum absolute atomic E-state index is 0.138. The van der Waals surface area contributed by atoms with E-state index in [1.54, 1.807) is 40.9 Å². The third-order valence-electron chi connectivity index (χ3n) is 3.43. The quantitative estimate of drug-likeness (QED) is 0.793. The minimum Gasteiger partial charge on any atom is -0.323 e. The van der Waals surface area contributed by atoms with Gasteiger partial charge in [0.2, 0.25) is 5.91 Å². The molecule has 108 valence electrons. The van der Waals surface area contributed by atoms with Crippen molar-refractivity contribution in [2.75, 3.05) is 5.32 Å². The molecule has 7 nitrogen and oxygen atoms in total. The van der Waals surface area contributed by atoms with Crippen LogP contribution in [0.5, 0.6) is 0 Å². The molecule has 1 N–H and O–H groups in total. The maximum atomic E-state index is 12.2. The number of nitrogens with zero attached hydrogens (tertiary/aromatic N) is 5. The normalized spacial score (nSPS) is 12.5. The van der Waals surface area contributed by atoms with Gasteiger partial charge in [0.05, 0.1) is 17.6 Å². The molecule has 0 aliphatic carbocycles. The first-order valence-electron chi connectivity index (χ1n) is 6.65. The zero-order chi connectivity index (χ0) is 15.0. The molecule has 21 heavy (non-hydrogen) atoms. The van der Waals surface area contributed by atoms with Gasteiger partial charge in [-0.25, -0.2) is 4.98 Å². The number of fused-ring (bicyclic) bond motifs is 1. The number of aryl methyl sites for hydroxylation is 2. The summed E-state index contributed by atoms with van der Waals surface area (Å²) in [5.74, 6) is -0.138. The SMILES string of the molecule is Cc1nn(C)c2ncc(NC(=O)C(C)n3cccn3)cc12. The Labute approximate surface area is 121 Å². The smallest absolute Gasteiger partial charge is 0.248 e. The van der Waals surface area contributed by atoms with E-state index in [0.29, 0.717) is 5.69 Å². The Morgan fingerprint density at radius 1 is 1.43 bits per heavy atom. The number of carbonyl (C=O) groups is 1. The summed E-state index contributed by atoms with van der Waals surface area (Å²) in [5, 5.41) is 12.2. The number of hydrogen-bond acceptors (Lipinski definition) is 4. The Balaban J connectivity index is 1.84. The maximum Gasteiger partial charge on any atom is 0.248 e. The van der Waals surface area contributed by atoms with Crippen LogP contribution in [-0.4, -0.2) is 30.5 Å². The number of amides is 1. The average Bonchev–Trinajstić information content (AvgIpc) is 3.08. The van der Waals surface area contributed by atoms with Crippen LogP contribution in [0, 0.1) is 6.92 Å². The predicted molar refractivity (Wildman–Crippen MR) is 78.8 cm³/mol. The number of carbonyl (C=O) groups excluding carboxylic acids is 1. The fourth-order valence-corrected chi connectivity index (χ4v) is 2.25. The van der Waals surface area contributed by atoms with E-state index in [4.69, 9.17) is 0 Å². The molecule has 0 saturated carbocycles. The summed E-state index contributed by atoms with van der Waals surface area (Å²) in [4.78, 5) is 16.6. The second kappa shape index (κ2) is 5.01. The van der Waals surface area contributed by atoms with Crippen LogP contribution in [0.25, 0.3) is 11.0 Å². The van der Waals surface area contributed by atoms with Gasteiger partial charge >= 0.3 is 0 Å². The molecule has 0 radical (unpaired) electrons. The van der Waals surface area contributed by atoms with Gasteiger partial charge in [0.25, 0.3) is 0 Å². The molecule has 0 aliphatic rings. The summed E-state index contributed by atoms with van der Waals surface area (Å²) >= 11 is 0. The van der Waals surface area contributed by atoms with E-state index in [2.05, 4.69) is 20.5 Å². The summed E-state index contributed by atoms with van der Waals surface area (Å²) in [7, 11) is 1.85. The van der Waals surface area contributed by atoms with E-state index in [-0.39, 0.29) is 11.9 Å². The molecule has 0 spiro atoms. The largest absolute Gasteiger partial charge is 0.323 e. The standard InChI is InChI=1S/C14H16N6O/c1-9-12-7-11(8-15-13(12)19(3)18-9)17-14(21)10(2)20-6-4-5-16-20/h4-8,10H,1-3H3,(H,17,21). The zero-order valence-corrected chi connectivity index (χ0v) is 12.1. The third kappa shape index (κ3) is 2.37. The van der Waals surface area contributed by atoms with Crippen molar-refractivity contribution in [3.63, 3.8) is 0 Å². The molecular weight excluding hydrogens is 268 g/mol. The lowest BCUT2D eigenvalue weighted by atomic mass is 10.2. The van der Waals surface area contributed by atoms with Crippen LogP contribution in [-0.2, 0) is 11.8 Å². The van der Waals surface area contributed by atoms with Gasteiger partial charge in [-0.05, 0) is 26.0 Å². The summed E-state index contributed by atoms with van der Waals surface area (Å²) < 4.78 is 3.33. The van der Waals surface area contributed by atoms with E-state index in [0.717, 1.165) is 16.7 Å². The topological polar surface area (TPSA) is 77.6 Å². The van der Waals surface area contributed by atoms with E-state index < -0.39 is 0 Å². The van der Waals surface area contributed by atoms with Crippen LogP contribution in [0.1, 0.15) is 18.7 Å². The summed E-state index contributed by atoms with van der Waals surface area (Å²) in [6.07, 6.45) is 5.05. The molecule has 3 rings (SSSR count). The Hall–Kier alpha value is -2.70. The molecule has 3 aromatic rings. The van der Waals surface area contributed by atoms with E-state index >= 15 is 0 Å². The lowest BCUT2D eigenvalue weighted by molar-refractivity contribution is -0.119. The molecule has 1 amide bonds. The first-order chi connectivity index (χ1) is 10.1. The van der Waals surface area contributed by atoms with Gasteiger partial charge in [-0.1, -0.05) is 0 Å². The highest BCUT2D eigenvalue weighted by Gasteiger charge is 2.16. The molecule has 0 aliphatic heterocycles. The van der Waals surface area contributed by atoms with Crippen molar-refractivity contribution in [2.24, 2.45) is 7.05 Å². The molecule has 3 aromatic heterocycles. The molecule has 0 saturated heterocycles. The molecular formula is C14H16N6O. The van der Waals surface area contributed by atoms with Crippen molar-refractivity contribution in [3.05, 3.63) is 36.4 Å². The first kappa shape index (κ1) is 13.3. The Morgan fingerprint density at radius 3 is 2.95 bits per heavy atom. The Morgan fingerprint density at radius 2 is 2.24 bits per heavy atom. The lowest BCUT2D eigenvalue weighted by Gasteiger charge is -2.12. The van der Waals surface area contributed by atoms with Crippen LogP contribution in [0.15, 0.2) is 30.7 Å². The zero-order valence-electron chi connectivity index (χ0n) is 12.1. The molecule has 1 atom stereocenters. The van der Waals surface area contributed by atoms with E-state index in [9.17, 15) is 4.79 Å². The van der Waals surface area contributed by atoms with Gasteiger partial charge < -0.3 is 5.32 Å². The van der Waals surface area contributed by atoms with Crippen LogP contribution >= 0.6 is 0 Å². The van der Waals surface area contributed by atoms with Crippen LogP contribution in [0.4, 0.5) is 5.69 Å². The van der Waals surface area contributed by atoms with Crippen LogP contribution < -0.4 is 5.32 Å². The van der Waals surface area contributed by atoms with Crippen molar-refractivity contribution >= 4 is 22.6 Å². The van der Waals surface area contributed by atoms with Crippen molar-refractivity contribution in [1.82, 2.24) is 24.5 Å². The van der Waals surface area contributed by atoms with Gasteiger partial charge in [0.1, 0.15) is 6.04 Å². The van der Waals surface area contributed by atoms with Crippen LogP contribution in [0.3, 0.4) is 0 Å². The highest BCUT2D eigenvalue weighted by atomic mass is 16.2. The number of pyridine rings is 1. The monoisotopic (exact) mass is 284 g/mol. The van der Waals surface area contributed by atoms with Crippen LogP contribution in [0.2, 0.25) is 0 Å². The minimum atomic E-state index is -0.384. The average molecular weight is 284 g/mol. The van der Waals surface area contributed by atoms with Gasteiger partial charge in [0.15, 0.2) is 5.65 Å². The van der Waals surface area contributed by atoms with Gasteiger partial charge in [0, 0.05) is 24.8 Å². The Kier molecular flexibility index (Phi) is 3.17. The molecule has 0 fully saturated rings. The number of hydrogen-bond donors (Lipinski definition) is 1. The van der Waals surface area contributed by atoms with Gasteiger partial charge in [-0.15, -0.1) is 0 Å². The van der Waals surface area contributed by atoms with E-state index in [1.165, 1.54) is 0 Å². The Bertz CT molecular complexity index is 789. The summed E-state index contributed by atoms with van der Waals surface area (Å²) in [6.45, 7) is 3.71. The number of rotatable bonds is 3. The van der Waals surface area contributed by atoms with Crippen molar-refractivity contribution in [3.8, 4) is 0 Å². The molecule has 0 bridgehead atoms. The molecule has 0 aromatic carbocycles. The number of aromatic nitrogens is 5. The molecule has 1 unspecified atom stereocenters. The third-order valence-corrected chi connectivity index (χ3v) is 3.43. The molecule has 7 heteroatoms. The summed E-state index contributed by atoms with van der Waals surface area (Å²) in [6, 6.07) is 3.29. The molecule has 3 heterocycles. The fourth-order valence-electron chi connectivity index (χ4n) is 2.25. The van der Waals surface area contributed by atoms with Gasteiger partial charge in [-0.3, -0.25) is 14.2 Å². The first-order valence-corrected chi connectivity index (χ1v) is 6.65. The number of anilines is 1. The van der Waals surface area contributed by atoms with E-state index in [1.807, 2.05) is 20.0 Å². The van der Waals surface area contributed by atoms with Crippen molar-refractivity contribution in [1.29, 1.82) is 0 Å². The second-order valence-electron chi connectivity index (χ2n) is 4.96. The maximum absolute atomic E-state index is 12.2. The summed E-state index contributed by atoms with van der Waals surface area (Å²) in [5.41, 5.74) is 2.34. The number of nitrogens with one attached hydrogen (secondary N) is 1. The second-order valence-corrected chi connectivity index (χ2v) is 4.96. The lowest BCUT2D eigenvalue weighted by Crippen LogP contribution is -2.24.